The molecule has 2 aromatic rings. The van der Waals surface area contributed by atoms with Gasteiger partial charge in [0.1, 0.15) is 35.4 Å². The van der Waals surface area contributed by atoms with Gasteiger partial charge in [-0.25, -0.2) is 0 Å². The molecule has 12 heteroatoms. The van der Waals surface area contributed by atoms with Gasteiger partial charge in [0, 0.05) is 36.1 Å². The first-order chi connectivity index (χ1) is 18.9. The summed E-state index contributed by atoms with van der Waals surface area (Å²) in [4.78, 5) is 0. The molecule has 6 N–H and O–H groups in total. The monoisotopic (exact) mass is 570 g/mol. The molecular weight excluding hydrogens is 528 g/mol. The summed E-state index contributed by atoms with van der Waals surface area (Å²) in [6.45, 7) is 0.663. The van der Waals surface area contributed by atoms with Crippen LogP contribution in [0.2, 0.25) is 0 Å². The third-order valence-electron chi connectivity index (χ3n) is 7.20. The molecule has 0 aliphatic carbocycles. The van der Waals surface area contributed by atoms with Gasteiger partial charge in [0.05, 0.1) is 54.9 Å². The van der Waals surface area contributed by atoms with Crippen molar-refractivity contribution in [1.29, 1.82) is 0 Å². The van der Waals surface area contributed by atoms with Crippen molar-refractivity contribution in [3.63, 3.8) is 0 Å². The summed E-state index contributed by atoms with van der Waals surface area (Å²) < 4.78 is 32.2. The van der Waals surface area contributed by atoms with Crippen molar-refractivity contribution in [3.8, 4) is 34.5 Å². The lowest BCUT2D eigenvalue weighted by Crippen LogP contribution is -2.66. The predicted molar refractivity (Wildman–Crippen MR) is 145 cm³/mol. The molecule has 40 heavy (non-hydrogen) atoms. The summed E-state index contributed by atoms with van der Waals surface area (Å²) in [5.41, 5.74) is -4.02. The van der Waals surface area contributed by atoms with Crippen LogP contribution in [0.4, 0.5) is 0 Å². The van der Waals surface area contributed by atoms with Crippen molar-refractivity contribution < 1.29 is 59.1 Å². The first-order valence-corrected chi connectivity index (χ1v) is 12.6. The van der Waals surface area contributed by atoms with Gasteiger partial charge in [0.15, 0.2) is 23.0 Å². The number of hydrogen-bond acceptors (Lipinski definition) is 12. The van der Waals surface area contributed by atoms with Crippen molar-refractivity contribution in [2.75, 3.05) is 49.3 Å². The lowest BCUT2D eigenvalue weighted by molar-refractivity contribution is -0.229. The summed E-state index contributed by atoms with van der Waals surface area (Å²) in [7, 11) is 8.54. The van der Waals surface area contributed by atoms with E-state index >= 15 is 0 Å². The van der Waals surface area contributed by atoms with Gasteiger partial charge >= 0.3 is 0 Å². The largest absolute Gasteiger partial charge is 0.496 e. The summed E-state index contributed by atoms with van der Waals surface area (Å²) in [5, 5.41) is 66.4. The van der Waals surface area contributed by atoms with Crippen molar-refractivity contribution in [2.45, 2.75) is 55.7 Å². The van der Waals surface area contributed by atoms with Gasteiger partial charge in [-0.3, -0.25) is 0 Å². The predicted octanol–water partition coefficient (Wildman–Crippen LogP) is 0.471. The van der Waals surface area contributed by atoms with Crippen LogP contribution < -0.4 is 28.4 Å². The summed E-state index contributed by atoms with van der Waals surface area (Å²) in [5.74, 6) is 1.85. The molecule has 0 saturated heterocycles. The third kappa shape index (κ3) is 6.65. The number of benzene rings is 2. The van der Waals surface area contributed by atoms with Crippen LogP contribution in [0.5, 0.6) is 34.5 Å². The van der Waals surface area contributed by atoms with Crippen molar-refractivity contribution in [1.82, 2.24) is 0 Å². The summed E-state index contributed by atoms with van der Waals surface area (Å²) >= 11 is 0. The smallest absolute Gasteiger partial charge is 0.164 e. The molecule has 0 spiro atoms. The molecule has 0 aliphatic rings. The zero-order valence-corrected chi connectivity index (χ0v) is 24.0. The van der Waals surface area contributed by atoms with Gasteiger partial charge < -0.3 is 59.1 Å². The van der Waals surface area contributed by atoms with Crippen LogP contribution >= 0.6 is 0 Å². The average Bonchev–Trinajstić information content (AvgIpc) is 2.98. The highest BCUT2D eigenvalue weighted by Gasteiger charge is 2.54. The van der Waals surface area contributed by atoms with E-state index in [0.29, 0.717) is 28.6 Å². The van der Waals surface area contributed by atoms with Gasteiger partial charge in [-0.1, -0.05) is 6.92 Å². The second-order valence-corrected chi connectivity index (χ2v) is 9.44. The fourth-order valence-electron chi connectivity index (χ4n) is 4.77. The van der Waals surface area contributed by atoms with Crippen molar-refractivity contribution in [2.24, 2.45) is 0 Å². The molecular formula is C28H42O12. The molecule has 0 aliphatic heterocycles. The van der Waals surface area contributed by atoms with Gasteiger partial charge in [-0.15, -0.1) is 0 Å². The molecule has 2 rings (SSSR count). The Morgan fingerprint density at radius 2 is 1.00 bits per heavy atom. The normalized spacial score (nSPS) is 16.6. The van der Waals surface area contributed by atoms with Gasteiger partial charge in [-0.2, -0.15) is 0 Å². The minimum absolute atomic E-state index is 0.0982. The van der Waals surface area contributed by atoms with E-state index in [4.69, 9.17) is 28.4 Å². The van der Waals surface area contributed by atoms with Crippen LogP contribution in [0.1, 0.15) is 24.5 Å². The molecule has 0 saturated carbocycles. The Labute approximate surface area is 234 Å². The zero-order valence-electron chi connectivity index (χ0n) is 24.0. The summed E-state index contributed by atoms with van der Waals surface area (Å²) in [6.07, 6.45) is -6.92. The average molecular weight is 571 g/mol. The number of ether oxygens (including phenoxy) is 6. The van der Waals surface area contributed by atoms with Crippen LogP contribution in [0.3, 0.4) is 0 Å². The quantitative estimate of drug-likeness (QED) is 0.165. The molecule has 0 heterocycles. The first-order valence-electron chi connectivity index (χ1n) is 12.6. The lowest BCUT2D eigenvalue weighted by atomic mass is 9.72. The standard InChI is InChI=1S/C28H42O12/c1-8-27(33,13-16-9-21(37-4)23(39-6)11-19(16)35-2)26(32)28(34,25(31)18(30)15-29)14-17-10-22(38-5)24(40-7)12-20(17)36-3/h9-12,18,25-26,29-34H,8,13-15H2,1-7H3/t18-,25+,26+,27?,28+/m0/s1. The molecule has 5 atom stereocenters. The number of hydrogen-bond donors (Lipinski definition) is 6. The Morgan fingerprint density at radius 3 is 1.35 bits per heavy atom. The summed E-state index contributed by atoms with van der Waals surface area (Å²) in [6, 6.07) is 6.11. The Bertz CT molecular complexity index is 1110. The van der Waals surface area contributed by atoms with Crippen LogP contribution in [-0.2, 0) is 12.8 Å². The van der Waals surface area contributed by atoms with Crippen LogP contribution in [0.15, 0.2) is 24.3 Å². The van der Waals surface area contributed by atoms with E-state index in [9.17, 15) is 30.6 Å². The molecule has 12 nitrogen and oxygen atoms in total. The fraction of sp³-hybridized carbons (Fsp3) is 0.571. The van der Waals surface area contributed by atoms with E-state index in [1.54, 1.807) is 19.1 Å². The minimum atomic E-state index is -2.61. The van der Waals surface area contributed by atoms with Crippen LogP contribution in [0, 0.1) is 0 Å². The third-order valence-corrected chi connectivity index (χ3v) is 7.20. The first kappa shape index (κ1) is 33.2. The van der Waals surface area contributed by atoms with E-state index in [2.05, 4.69) is 0 Å². The van der Waals surface area contributed by atoms with Crippen molar-refractivity contribution in [3.05, 3.63) is 35.4 Å². The maximum Gasteiger partial charge on any atom is 0.164 e. The molecule has 1 unspecified atom stereocenters. The van der Waals surface area contributed by atoms with E-state index in [-0.39, 0.29) is 29.9 Å². The van der Waals surface area contributed by atoms with Crippen LogP contribution in [-0.4, -0.2) is 109 Å². The number of rotatable bonds is 16. The molecule has 0 radical (unpaired) electrons. The highest BCUT2D eigenvalue weighted by atomic mass is 16.5. The van der Waals surface area contributed by atoms with Gasteiger partial charge in [0.2, 0.25) is 0 Å². The topological polar surface area (TPSA) is 177 Å². The molecule has 2 aromatic carbocycles. The van der Waals surface area contributed by atoms with E-state index in [0.717, 1.165) is 0 Å². The van der Waals surface area contributed by atoms with Gasteiger partial charge in [-0.05, 0) is 18.6 Å². The Balaban J connectivity index is 2.68. The van der Waals surface area contributed by atoms with E-state index in [1.807, 2.05) is 0 Å². The fourth-order valence-corrected chi connectivity index (χ4v) is 4.77. The highest BCUT2D eigenvalue weighted by Crippen LogP contribution is 2.42. The van der Waals surface area contributed by atoms with Crippen LogP contribution in [0.25, 0.3) is 0 Å². The maximum atomic E-state index is 11.9. The minimum Gasteiger partial charge on any atom is -0.496 e. The molecule has 0 fully saturated rings. The highest BCUT2D eigenvalue weighted by molar-refractivity contribution is 5.52. The van der Waals surface area contributed by atoms with Gasteiger partial charge in [0.25, 0.3) is 0 Å². The zero-order chi connectivity index (χ0) is 30.3. The second kappa shape index (κ2) is 14.1. The maximum absolute atomic E-state index is 11.9. The Morgan fingerprint density at radius 1 is 0.625 bits per heavy atom. The number of aliphatic hydroxyl groups excluding tert-OH is 4. The molecule has 226 valence electrons. The SMILES string of the molecule is CCC(O)(Cc1cc(OC)c(OC)cc1OC)[C@@H](O)[C@@](O)(Cc1cc(OC)c(OC)cc1OC)[C@H](O)[C@@H](O)CO. The second-order valence-electron chi connectivity index (χ2n) is 9.44. The Hall–Kier alpha value is -3.00. The Kier molecular flexibility index (Phi) is 11.7. The molecule has 0 aromatic heterocycles. The molecule has 0 amide bonds. The number of methoxy groups -OCH3 is 6. The number of aliphatic hydroxyl groups is 6. The van der Waals surface area contributed by atoms with E-state index in [1.165, 1.54) is 54.8 Å². The lowest BCUT2D eigenvalue weighted by Gasteiger charge is -2.46. The van der Waals surface area contributed by atoms with E-state index < -0.39 is 42.5 Å². The van der Waals surface area contributed by atoms with Crippen molar-refractivity contribution >= 4 is 0 Å². The molecule has 0 bridgehead atoms.